The number of halogens is 1. The first-order chi connectivity index (χ1) is 12.9. The third-order valence-electron chi connectivity index (χ3n) is 4.18. The summed E-state index contributed by atoms with van der Waals surface area (Å²) in [7, 11) is -3.76. The second-order valence-corrected chi connectivity index (χ2v) is 8.95. The van der Waals surface area contributed by atoms with Gasteiger partial charge in [0.05, 0.1) is 12.4 Å². The van der Waals surface area contributed by atoms with Crippen molar-refractivity contribution in [3.05, 3.63) is 70.7 Å². The Morgan fingerprint density at radius 3 is 2.37 bits per heavy atom. The lowest BCUT2D eigenvalue weighted by molar-refractivity contribution is -0.136. The van der Waals surface area contributed by atoms with Crippen molar-refractivity contribution in [1.29, 1.82) is 0 Å². The number of aryl methyl sites for hydroxylation is 1. The van der Waals surface area contributed by atoms with Crippen molar-refractivity contribution in [2.75, 3.05) is 19.0 Å². The van der Waals surface area contributed by atoms with E-state index in [0.717, 1.165) is 11.1 Å². The van der Waals surface area contributed by atoms with Gasteiger partial charge in [-0.3, -0.25) is 4.79 Å². The maximum atomic E-state index is 12.4. The molecule has 0 spiro atoms. The molecular formula is C20H23ClO5S. The Morgan fingerprint density at radius 2 is 1.70 bits per heavy atom. The number of aliphatic carboxylic acids is 1. The molecule has 0 aromatic heterocycles. The van der Waals surface area contributed by atoms with Gasteiger partial charge in [-0.2, -0.15) is 0 Å². The van der Waals surface area contributed by atoms with Crippen LogP contribution in [0.2, 0.25) is 5.02 Å². The zero-order valence-corrected chi connectivity index (χ0v) is 16.5. The number of hydrogen-bond acceptors (Lipinski definition) is 4. The third kappa shape index (κ3) is 7.33. The molecule has 1 atom stereocenters. The van der Waals surface area contributed by atoms with Crippen molar-refractivity contribution >= 4 is 27.4 Å². The van der Waals surface area contributed by atoms with Crippen molar-refractivity contribution in [2.24, 2.45) is 0 Å². The summed E-state index contributed by atoms with van der Waals surface area (Å²) in [4.78, 5) is 11.4. The molecule has 0 radical (unpaired) electrons. The molecule has 0 heterocycles. The van der Waals surface area contributed by atoms with Crippen LogP contribution in [0.3, 0.4) is 0 Å². The van der Waals surface area contributed by atoms with E-state index >= 15 is 0 Å². The van der Waals surface area contributed by atoms with Gasteiger partial charge in [0.2, 0.25) is 0 Å². The molecule has 1 N–H and O–H groups in total. The molecule has 27 heavy (non-hydrogen) atoms. The highest BCUT2D eigenvalue weighted by molar-refractivity contribution is 7.92. The molecule has 0 amide bonds. The van der Waals surface area contributed by atoms with E-state index in [0.29, 0.717) is 24.5 Å². The molecule has 146 valence electrons. The zero-order valence-electron chi connectivity index (χ0n) is 14.9. The highest BCUT2D eigenvalue weighted by atomic mass is 35.5. The molecule has 2 aromatic rings. The minimum atomic E-state index is -3.76. The molecule has 0 saturated carbocycles. The normalized spacial score (nSPS) is 12.6. The first-order valence-corrected chi connectivity index (χ1v) is 10.8. The summed E-state index contributed by atoms with van der Waals surface area (Å²) in [5.41, 5.74) is 1.87. The number of rotatable bonds is 11. The Bertz CT molecular complexity index is 836. The first kappa shape index (κ1) is 21.4. The average Bonchev–Trinajstić information content (AvgIpc) is 2.63. The van der Waals surface area contributed by atoms with Gasteiger partial charge in [0.1, 0.15) is 0 Å². The van der Waals surface area contributed by atoms with Crippen LogP contribution in [-0.2, 0) is 32.2 Å². The fraction of sp³-hybridized carbons (Fsp3) is 0.350. The molecule has 0 bridgehead atoms. The molecule has 1 unspecified atom stereocenters. The van der Waals surface area contributed by atoms with Crippen molar-refractivity contribution in [3.8, 4) is 0 Å². The van der Waals surface area contributed by atoms with Gasteiger partial charge in [-0.25, -0.2) is 8.42 Å². The smallest absolute Gasteiger partial charge is 0.321 e. The lowest BCUT2D eigenvalue weighted by Crippen LogP contribution is -2.34. The van der Waals surface area contributed by atoms with Gasteiger partial charge in [-0.1, -0.05) is 54.1 Å². The van der Waals surface area contributed by atoms with Crippen LogP contribution < -0.4 is 0 Å². The van der Waals surface area contributed by atoms with Crippen LogP contribution in [0, 0.1) is 0 Å². The molecule has 5 nitrogen and oxygen atoms in total. The molecule has 2 rings (SSSR count). The second-order valence-electron chi connectivity index (χ2n) is 6.21. The second kappa shape index (κ2) is 10.4. The maximum absolute atomic E-state index is 12.4. The highest BCUT2D eigenvalue weighted by Gasteiger charge is 2.31. The van der Waals surface area contributed by atoms with E-state index in [1.54, 1.807) is 6.07 Å². The topological polar surface area (TPSA) is 80.7 Å². The van der Waals surface area contributed by atoms with Crippen LogP contribution in [0.1, 0.15) is 17.5 Å². The van der Waals surface area contributed by atoms with E-state index in [1.807, 2.05) is 48.5 Å². The molecule has 0 saturated heterocycles. The summed E-state index contributed by atoms with van der Waals surface area (Å²) in [6.07, 6.45) is 0.851. The number of carboxylic acid groups (broad SMARTS) is 1. The standard InChI is InChI=1S/C20H23ClO5S/c21-18-8-4-7-17(15-18)9-12-26-13-10-19(20(22)23)27(24,25)14-11-16-5-2-1-3-6-16/h1-8,15,19H,9-14H2,(H,22,23). The minimum absolute atomic E-state index is 0.0675. The van der Waals surface area contributed by atoms with Crippen LogP contribution in [0.4, 0.5) is 0 Å². The maximum Gasteiger partial charge on any atom is 0.321 e. The van der Waals surface area contributed by atoms with Gasteiger partial charge in [-0.05, 0) is 42.5 Å². The van der Waals surface area contributed by atoms with E-state index in [9.17, 15) is 18.3 Å². The minimum Gasteiger partial charge on any atom is -0.480 e. The summed E-state index contributed by atoms with van der Waals surface area (Å²) in [6.45, 7) is 0.443. The quantitative estimate of drug-likeness (QED) is 0.574. The largest absolute Gasteiger partial charge is 0.480 e. The lowest BCUT2D eigenvalue weighted by atomic mass is 10.2. The Balaban J connectivity index is 1.80. The van der Waals surface area contributed by atoms with Gasteiger partial charge in [0.15, 0.2) is 15.1 Å². The monoisotopic (exact) mass is 410 g/mol. The summed E-state index contributed by atoms with van der Waals surface area (Å²) in [5, 5.41) is 8.51. The number of hydrogen-bond donors (Lipinski definition) is 1. The van der Waals surface area contributed by atoms with Crippen molar-refractivity contribution in [3.63, 3.8) is 0 Å². The Kier molecular flexibility index (Phi) is 8.28. The number of benzene rings is 2. The molecule has 0 aliphatic rings. The van der Waals surface area contributed by atoms with E-state index in [1.165, 1.54) is 0 Å². The Labute approximate surface area is 164 Å². The fourth-order valence-electron chi connectivity index (χ4n) is 2.68. The lowest BCUT2D eigenvalue weighted by Gasteiger charge is -2.14. The summed E-state index contributed by atoms with van der Waals surface area (Å²) in [5.74, 6) is -1.53. The number of carboxylic acids is 1. The Hall–Kier alpha value is -1.89. The highest BCUT2D eigenvalue weighted by Crippen LogP contribution is 2.13. The Morgan fingerprint density at radius 1 is 1.00 bits per heavy atom. The molecule has 2 aromatic carbocycles. The van der Waals surface area contributed by atoms with Crippen molar-refractivity contribution < 1.29 is 23.1 Å². The first-order valence-electron chi connectivity index (χ1n) is 8.69. The molecule has 7 heteroatoms. The zero-order chi connectivity index (χ0) is 19.7. The van der Waals surface area contributed by atoms with Gasteiger partial charge in [0.25, 0.3) is 0 Å². The van der Waals surface area contributed by atoms with E-state index in [4.69, 9.17) is 16.3 Å². The number of sulfone groups is 1. The van der Waals surface area contributed by atoms with Crippen LogP contribution in [-0.4, -0.2) is 43.7 Å². The molecular weight excluding hydrogens is 388 g/mol. The predicted molar refractivity (Wildman–Crippen MR) is 106 cm³/mol. The van der Waals surface area contributed by atoms with Gasteiger partial charge in [0, 0.05) is 11.6 Å². The van der Waals surface area contributed by atoms with Crippen molar-refractivity contribution in [2.45, 2.75) is 24.5 Å². The SMILES string of the molecule is O=C(O)C(CCOCCc1cccc(Cl)c1)S(=O)(=O)CCc1ccccc1. The van der Waals surface area contributed by atoms with Crippen LogP contribution in [0.5, 0.6) is 0 Å². The summed E-state index contributed by atoms with van der Waals surface area (Å²) in [6, 6.07) is 16.5. The van der Waals surface area contributed by atoms with Gasteiger partial charge < -0.3 is 9.84 Å². The van der Waals surface area contributed by atoms with Crippen LogP contribution in [0.15, 0.2) is 54.6 Å². The van der Waals surface area contributed by atoms with Crippen LogP contribution >= 0.6 is 11.6 Å². The number of ether oxygens (including phenoxy) is 1. The van der Waals surface area contributed by atoms with Gasteiger partial charge in [-0.15, -0.1) is 0 Å². The van der Waals surface area contributed by atoms with E-state index in [-0.39, 0.29) is 18.8 Å². The average molecular weight is 411 g/mol. The van der Waals surface area contributed by atoms with Gasteiger partial charge >= 0.3 is 5.97 Å². The fourth-order valence-corrected chi connectivity index (χ4v) is 4.46. The van der Waals surface area contributed by atoms with E-state index in [2.05, 4.69) is 0 Å². The predicted octanol–water partition coefficient (Wildman–Crippen LogP) is 3.40. The molecule has 0 aliphatic carbocycles. The molecule has 0 aliphatic heterocycles. The van der Waals surface area contributed by atoms with E-state index < -0.39 is 21.1 Å². The van der Waals surface area contributed by atoms with Crippen LogP contribution in [0.25, 0.3) is 0 Å². The number of carbonyl (C=O) groups is 1. The third-order valence-corrected chi connectivity index (χ3v) is 6.49. The summed E-state index contributed by atoms with van der Waals surface area (Å²) < 4.78 is 30.3. The van der Waals surface area contributed by atoms with Crippen molar-refractivity contribution in [1.82, 2.24) is 0 Å². The molecule has 0 fully saturated rings. The summed E-state index contributed by atoms with van der Waals surface area (Å²) >= 11 is 5.91.